The topological polar surface area (TPSA) is 80.3 Å². The monoisotopic (exact) mass is 361 g/mol. The summed E-state index contributed by atoms with van der Waals surface area (Å²) in [6.07, 6.45) is 8.46. The molecule has 0 saturated carbocycles. The van der Waals surface area contributed by atoms with Crippen molar-refractivity contribution < 1.29 is 18.0 Å². The van der Waals surface area contributed by atoms with Crippen LogP contribution in [-0.4, -0.2) is 38.7 Å². The Balaban J connectivity index is 2.06. The number of Topliss-reactive ketones (excluding diaryl/α,β-unsaturated/α-hetero) is 1. The molecule has 6 heteroatoms. The average Bonchev–Trinajstić information content (AvgIpc) is 2.60. The Kier molecular flexibility index (Phi) is 6.31. The van der Waals surface area contributed by atoms with Gasteiger partial charge in [0.25, 0.3) is 0 Å². The van der Waals surface area contributed by atoms with Gasteiger partial charge in [-0.15, -0.1) is 0 Å². The molecule has 1 amide bonds. The first-order valence-electron chi connectivity index (χ1n) is 8.24. The van der Waals surface area contributed by atoms with Crippen LogP contribution >= 0.6 is 0 Å². The lowest BCUT2D eigenvalue weighted by atomic mass is 9.92. The van der Waals surface area contributed by atoms with E-state index in [0.29, 0.717) is 5.56 Å². The van der Waals surface area contributed by atoms with Gasteiger partial charge in [-0.05, 0) is 31.4 Å². The maximum atomic E-state index is 12.6. The van der Waals surface area contributed by atoms with E-state index in [2.05, 4.69) is 5.32 Å². The SMILES string of the molecule is CC(C(=O)NCCS(C)(=O)=O)c1cccc(C(=O)C2=CC=CCC2)c1. The number of benzene rings is 1. The van der Waals surface area contributed by atoms with Crippen molar-refractivity contribution in [2.24, 2.45) is 0 Å². The fraction of sp³-hybridized carbons (Fsp3) is 0.368. The highest BCUT2D eigenvalue weighted by molar-refractivity contribution is 7.90. The van der Waals surface area contributed by atoms with Gasteiger partial charge in [-0.1, -0.05) is 36.4 Å². The second kappa shape index (κ2) is 8.25. The molecule has 1 aromatic carbocycles. The molecule has 0 bridgehead atoms. The van der Waals surface area contributed by atoms with Gasteiger partial charge in [-0.3, -0.25) is 9.59 Å². The van der Waals surface area contributed by atoms with Gasteiger partial charge in [0.1, 0.15) is 9.84 Å². The Labute approximate surface area is 148 Å². The molecule has 1 N–H and O–H groups in total. The molecule has 1 aliphatic carbocycles. The van der Waals surface area contributed by atoms with Crippen LogP contribution in [-0.2, 0) is 14.6 Å². The summed E-state index contributed by atoms with van der Waals surface area (Å²) in [6.45, 7) is 1.82. The molecule has 1 atom stereocenters. The van der Waals surface area contributed by atoms with E-state index < -0.39 is 15.8 Å². The van der Waals surface area contributed by atoms with Crippen LogP contribution < -0.4 is 5.32 Å². The van der Waals surface area contributed by atoms with Crippen LogP contribution in [0.15, 0.2) is 48.1 Å². The quantitative estimate of drug-likeness (QED) is 0.756. The lowest BCUT2D eigenvalue weighted by Gasteiger charge is -2.14. The van der Waals surface area contributed by atoms with Crippen LogP contribution in [0.1, 0.15) is 41.6 Å². The molecule has 0 spiro atoms. The Morgan fingerprint density at radius 3 is 2.68 bits per heavy atom. The molecular weight excluding hydrogens is 338 g/mol. The first-order chi connectivity index (χ1) is 11.8. The highest BCUT2D eigenvalue weighted by Gasteiger charge is 2.18. The number of hydrogen-bond donors (Lipinski definition) is 1. The molecule has 0 aliphatic heterocycles. The number of amides is 1. The smallest absolute Gasteiger partial charge is 0.227 e. The molecule has 5 nitrogen and oxygen atoms in total. The van der Waals surface area contributed by atoms with Gasteiger partial charge in [0.2, 0.25) is 5.91 Å². The van der Waals surface area contributed by atoms with Crippen molar-refractivity contribution in [3.8, 4) is 0 Å². The summed E-state index contributed by atoms with van der Waals surface area (Å²) in [5.74, 6) is -0.831. The average molecular weight is 361 g/mol. The summed E-state index contributed by atoms with van der Waals surface area (Å²) in [5, 5.41) is 2.63. The minimum Gasteiger partial charge on any atom is -0.355 e. The molecule has 0 aromatic heterocycles. The predicted octanol–water partition coefficient (Wildman–Crippen LogP) is 2.41. The molecular formula is C19H23NO4S. The Bertz CT molecular complexity index is 822. The third-order valence-corrected chi connectivity index (χ3v) is 5.07. The molecule has 0 heterocycles. The first-order valence-corrected chi connectivity index (χ1v) is 10.3. The number of rotatable bonds is 7. The lowest BCUT2D eigenvalue weighted by molar-refractivity contribution is -0.122. The van der Waals surface area contributed by atoms with Crippen molar-refractivity contribution >= 4 is 21.5 Å². The minimum absolute atomic E-state index is 0.0177. The van der Waals surface area contributed by atoms with Crippen LogP contribution in [0.2, 0.25) is 0 Å². The van der Waals surface area contributed by atoms with E-state index in [1.54, 1.807) is 31.2 Å². The highest BCUT2D eigenvalue weighted by atomic mass is 32.2. The summed E-state index contributed by atoms with van der Waals surface area (Å²) >= 11 is 0. The van der Waals surface area contributed by atoms with E-state index in [9.17, 15) is 18.0 Å². The normalized spacial score (nSPS) is 15.4. The van der Waals surface area contributed by atoms with Crippen LogP contribution in [0, 0.1) is 0 Å². The first kappa shape index (κ1) is 19.1. The van der Waals surface area contributed by atoms with Gasteiger partial charge in [0, 0.05) is 23.9 Å². The number of carbonyl (C=O) groups is 2. The second-order valence-electron chi connectivity index (χ2n) is 6.26. The van der Waals surface area contributed by atoms with Gasteiger partial charge in [-0.25, -0.2) is 8.42 Å². The molecule has 1 aliphatic rings. The maximum absolute atomic E-state index is 12.6. The summed E-state index contributed by atoms with van der Waals surface area (Å²) in [7, 11) is -3.11. The van der Waals surface area contributed by atoms with Crippen molar-refractivity contribution in [1.82, 2.24) is 5.32 Å². The van der Waals surface area contributed by atoms with Crippen molar-refractivity contribution in [1.29, 1.82) is 0 Å². The summed E-state index contributed by atoms with van der Waals surface area (Å²) < 4.78 is 22.2. The molecule has 1 aromatic rings. The summed E-state index contributed by atoms with van der Waals surface area (Å²) in [6, 6.07) is 7.05. The highest BCUT2D eigenvalue weighted by Crippen LogP contribution is 2.21. The number of carbonyl (C=O) groups excluding carboxylic acids is 2. The van der Waals surface area contributed by atoms with Gasteiger partial charge in [0.05, 0.1) is 11.7 Å². The van der Waals surface area contributed by atoms with Crippen LogP contribution in [0.3, 0.4) is 0 Å². The number of allylic oxidation sites excluding steroid dienone is 4. The Morgan fingerprint density at radius 2 is 2.04 bits per heavy atom. The molecule has 0 saturated heterocycles. The summed E-state index contributed by atoms with van der Waals surface area (Å²) in [4.78, 5) is 24.8. The third-order valence-electron chi connectivity index (χ3n) is 4.12. The van der Waals surface area contributed by atoms with E-state index in [0.717, 1.165) is 30.2 Å². The van der Waals surface area contributed by atoms with E-state index in [1.165, 1.54) is 0 Å². The Hall–Kier alpha value is -2.21. The zero-order valence-corrected chi connectivity index (χ0v) is 15.3. The second-order valence-corrected chi connectivity index (χ2v) is 8.52. The van der Waals surface area contributed by atoms with Crippen LogP contribution in [0.25, 0.3) is 0 Å². The largest absolute Gasteiger partial charge is 0.355 e. The van der Waals surface area contributed by atoms with Gasteiger partial charge >= 0.3 is 0 Å². The zero-order valence-electron chi connectivity index (χ0n) is 14.5. The molecule has 0 fully saturated rings. The number of ketones is 1. The molecule has 0 radical (unpaired) electrons. The fourth-order valence-corrected chi connectivity index (χ4v) is 3.06. The van der Waals surface area contributed by atoms with E-state index in [1.807, 2.05) is 18.2 Å². The van der Waals surface area contributed by atoms with Gasteiger partial charge in [0.15, 0.2) is 5.78 Å². The lowest BCUT2D eigenvalue weighted by Crippen LogP contribution is -2.32. The van der Waals surface area contributed by atoms with E-state index >= 15 is 0 Å². The van der Waals surface area contributed by atoms with Crippen molar-refractivity contribution in [3.05, 3.63) is 59.2 Å². The van der Waals surface area contributed by atoms with Gasteiger partial charge in [-0.2, -0.15) is 0 Å². The minimum atomic E-state index is -3.11. The van der Waals surface area contributed by atoms with E-state index in [4.69, 9.17) is 0 Å². The predicted molar refractivity (Wildman–Crippen MR) is 98.4 cm³/mol. The summed E-state index contributed by atoms with van der Waals surface area (Å²) in [5.41, 5.74) is 2.06. The number of nitrogens with one attached hydrogen (secondary N) is 1. The van der Waals surface area contributed by atoms with Crippen molar-refractivity contribution in [2.45, 2.75) is 25.7 Å². The number of hydrogen-bond acceptors (Lipinski definition) is 4. The third kappa shape index (κ3) is 5.67. The molecule has 2 rings (SSSR count). The molecule has 134 valence electrons. The maximum Gasteiger partial charge on any atom is 0.227 e. The Morgan fingerprint density at radius 1 is 1.28 bits per heavy atom. The molecule has 25 heavy (non-hydrogen) atoms. The van der Waals surface area contributed by atoms with Gasteiger partial charge < -0.3 is 5.32 Å². The molecule has 1 unspecified atom stereocenters. The number of sulfone groups is 1. The van der Waals surface area contributed by atoms with Crippen molar-refractivity contribution in [3.63, 3.8) is 0 Å². The van der Waals surface area contributed by atoms with Crippen LogP contribution in [0.5, 0.6) is 0 Å². The van der Waals surface area contributed by atoms with E-state index in [-0.39, 0.29) is 24.0 Å². The zero-order chi connectivity index (χ0) is 18.4. The fourth-order valence-electron chi connectivity index (χ4n) is 2.59. The van der Waals surface area contributed by atoms with Crippen molar-refractivity contribution in [2.75, 3.05) is 18.6 Å². The van der Waals surface area contributed by atoms with Crippen LogP contribution in [0.4, 0.5) is 0 Å². The standard InChI is InChI=1S/C19H23NO4S/c1-14(19(22)20-11-12-25(2,23)24)16-9-6-10-17(13-16)18(21)15-7-4-3-5-8-15/h3-4,6-7,9-10,13-14H,5,8,11-12H2,1-2H3,(H,20,22).